The van der Waals surface area contributed by atoms with Gasteiger partial charge in [0.15, 0.2) is 0 Å². The van der Waals surface area contributed by atoms with Crippen LogP contribution in [0.15, 0.2) is 24.3 Å². The second kappa shape index (κ2) is 3.67. The fourth-order valence-electron chi connectivity index (χ4n) is 1.26. The summed E-state index contributed by atoms with van der Waals surface area (Å²) in [4.78, 5) is 10.5. The predicted octanol–water partition coefficient (Wildman–Crippen LogP) is 1.04. The molecule has 0 heterocycles. The van der Waals surface area contributed by atoms with Gasteiger partial charge in [0.2, 0.25) is 0 Å². The average Bonchev–Trinajstić information content (AvgIpc) is 2.02. The fourth-order valence-corrected chi connectivity index (χ4v) is 1.26. The zero-order chi connectivity index (χ0) is 10.8. The Bertz CT molecular complexity index is 330. The van der Waals surface area contributed by atoms with Crippen molar-refractivity contribution in [3.05, 3.63) is 29.8 Å². The second-order valence-electron chi connectivity index (χ2n) is 3.53. The van der Waals surface area contributed by atoms with Crippen molar-refractivity contribution in [2.24, 2.45) is 5.73 Å². The van der Waals surface area contributed by atoms with E-state index in [0.29, 0.717) is 5.56 Å². The smallest absolute Gasteiger partial charge is 0.305 e. The first-order chi connectivity index (χ1) is 6.42. The van der Waals surface area contributed by atoms with Gasteiger partial charge in [0, 0.05) is 5.54 Å². The van der Waals surface area contributed by atoms with Gasteiger partial charge in [-0.25, -0.2) is 0 Å². The Morgan fingerprint density at radius 3 is 2.36 bits per heavy atom. The van der Waals surface area contributed by atoms with E-state index >= 15 is 0 Å². The van der Waals surface area contributed by atoms with E-state index in [2.05, 4.69) is 0 Å². The molecule has 0 radical (unpaired) electrons. The molecule has 0 unspecified atom stereocenters. The van der Waals surface area contributed by atoms with Gasteiger partial charge in [-0.15, -0.1) is 0 Å². The van der Waals surface area contributed by atoms with Crippen molar-refractivity contribution in [2.75, 3.05) is 0 Å². The Balaban J connectivity index is 2.91. The van der Waals surface area contributed by atoms with Crippen LogP contribution in [0.4, 0.5) is 0 Å². The maximum atomic E-state index is 10.5. The summed E-state index contributed by atoms with van der Waals surface area (Å²) in [5.41, 5.74) is 5.62. The highest BCUT2D eigenvalue weighted by Crippen LogP contribution is 2.23. The van der Waals surface area contributed by atoms with Crippen molar-refractivity contribution in [2.45, 2.75) is 18.9 Å². The first-order valence-corrected chi connectivity index (χ1v) is 4.22. The number of hydrogen-bond donors (Lipinski definition) is 3. The van der Waals surface area contributed by atoms with E-state index in [-0.39, 0.29) is 12.2 Å². The minimum absolute atomic E-state index is 0.139. The molecule has 76 valence electrons. The summed E-state index contributed by atoms with van der Waals surface area (Å²) in [6.07, 6.45) is -0.141. The van der Waals surface area contributed by atoms with Crippen LogP contribution in [0.3, 0.4) is 0 Å². The zero-order valence-corrected chi connectivity index (χ0v) is 7.90. The molecule has 0 saturated heterocycles. The lowest BCUT2D eigenvalue weighted by molar-refractivity contribution is -0.138. The lowest BCUT2D eigenvalue weighted by atomic mass is 9.90. The van der Waals surface area contributed by atoms with Gasteiger partial charge in [-0.05, 0) is 24.6 Å². The summed E-state index contributed by atoms with van der Waals surface area (Å²) < 4.78 is 0. The summed E-state index contributed by atoms with van der Waals surface area (Å²) >= 11 is 0. The summed E-state index contributed by atoms with van der Waals surface area (Å²) in [6.45, 7) is 1.65. The third-order valence-electron chi connectivity index (χ3n) is 2.05. The Hall–Kier alpha value is -1.55. The number of phenols is 1. The molecule has 1 rings (SSSR count). The standard InChI is InChI=1S/C10H13NO3/c1-10(11,6-9(13)14)7-2-4-8(12)5-3-7/h2-5,12H,6,11H2,1H3,(H,13,14)/t10-/m1/s1. The van der Waals surface area contributed by atoms with E-state index < -0.39 is 11.5 Å². The van der Waals surface area contributed by atoms with Crippen LogP contribution in [0.2, 0.25) is 0 Å². The molecule has 0 aliphatic rings. The van der Waals surface area contributed by atoms with Gasteiger partial charge in [-0.3, -0.25) is 4.79 Å². The zero-order valence-electron chi connectivity index (χ0n) is 7.90. The predicted molar refractivity (Wildman–Crippen MR) is 51.9 cm³/mol. The molecule has 4 nitrogen and oxygen atoms in total. The van der Waals surface area contributed by atoms with E-state index in [0.717, 1.165) is 0 Å². The van der Waals surface area contributed by atoms with Crippen molar-refractivity contribution in [1.82, 2.24) is 0 Å². The summed E-state index contributed by atoms with van der Waals surface area (Å²) in [7, 11) is 0. The molecule has 14 heavy (non-hydrogen) atoms. The van der Waals surface area contributed by atoms with Gasteiger partial charge < -0.3 is 15.9 Å². The maximum Gasteiger partial charge on any atom is 0.305 e. The van der Waals surface area contributed by atoms with E-state index in [4.69, 9.17) is 15.9 Å². The molecule has 1 aromatic rings. The molecule has 0 spiro atoms. The molecule has 4 N–H and O–H groups in total. The minimum Gasteiger partial charge on any atom is -0.508 e. The first-order valence-electron chi connectivity index (χ1n) is 4.22. The quantitative estimate of drug-likeness (QED) is 0.672. The normalized spacial score (nSPS) is 14.7. The average molecular weight is 195 g/mol. The van der Waals surface area contributed by atoms with E-state index in [1.54, 1.807) is 19.1 Å². The molecule has 1 atom stereocenters. The van der Waals surface area contributed by atoms with Crippen LogP contribution in [-0.2, 0) is 10.3 Å². The van der Waals surface area contributed by atoms with E-state index in [1.807, 2.05) is 0 Å². The Kier molecular flexibility index (Phi) is 2.76. The van der Waals surface area contributed by atoms with Crippen molar-refractivity contribution < 1.29 is 15.0 Å². The second-order valence-corrected chi connectivity index (χ2v) is 3.53. The third kappa shape index (κ3) is 2.47. The van der Waals surface area contributed by atoms with Crippen molar-refractivity contribution in [3.63, 3.8) is 0 Å². The van der Waals surface area contributed by atoms with Crippen LogP contribution < -0.4 is 5.73 Å². The van der Waals surface area contributed by atoms with Gasteiger partial charge >= 0.3 is 5.97 Å². The molecular weight excluding hydrogens is 182 g/mol. The molecule has 0 amide bonds. The van der Waals surface area contributed by atoms with Crippen LogP contribution in [0.1, 0.15) is 18.9 Å². The molecule has 0 bridgehead atoms. The number of carbonyl (C=O) groups is 1. The number of carboxylic acid groups (broad SMARTS) is 1. The minimum atomic E-state index is -0.942. The van der Waals surface area contributed by atoms with Crippen molar-refractivity contribution in [3.8, 4) is 5.75 Å². The highest BCUT2D eigenvalue weighted by molar-refractivity contribution is 5.68. The number of rotatable bonds is 3. The summed E-state index contributed by atoms with van der Waals surface area (Å²) in [6, 6.07) is 6.22. The first kappa shape index (κ1) is 10.5. The lowest BCUT2D eigenvalue weighted by Gasteiger charge is -2.22. The molecule has 0 aromatic heterocycles. The maximum absolute atomic E-state index is 10.5. The number of hydrogen-bond acceptors (Lipinski definition) is 3. The highest BCUT2D eigenvalue weighted by Gasteiger charge is 2.24. The van der Waals surface area contributed by atoms with Gasteiger partial charge in [0.1, 0.15) is 5.75 Å². The van der Waals surface area contributed by atoms with Crippen LogP contribution in [0.25, 0.3) is 0 Å². The number of benzene rings is 1. The number of aliphatic carboxylic acids is 1. The molecule has 4 heteroatoms. The number of aromatic hydroxyl groups is 1. The number of nitrogens with two attached hydrogens (primary N) is 1. The molecule has 0 fully saturated rings. The topological polar surface area (TPSA) is 83.6 Å². The largest absolute Gasteiger partial charge is 0.508 e. The fraction of sp³-hybridized carbons (Fsp3) is 0.300. The Morgan fingerprint density at radius 2 is 1.93 bits per heavy atom. The number of carboxylic acids is 1. The van der Waals surface area contributed by atoms with E-state index in [9.17, 15) is 4.79 Å². The Morgan fingerprint density at radius 1 is 1.43 bits per heavy atom. The van der Waals surface area contributed by atoms with E-state index in [1.165, 1.54) is 12.1 Å². The molecule has 1 aromatic carbocycles. The van der Waals surface area contributed by atoms with Crippen LogP contribution in [0.5, 0.6) is 5.75 Å². The molecular formula is C10H13NO3. The van der Waals surface area contributed by atoms with Gasteiger partial charge in [-0.1, -0.05) is 12.1 Å². The van der Waals surface area contributed by atoms with Crippen LogP contribution in [0, 0.1) is 0 Å². The molecule has 0 saturated carbocycles. The summed E-state index contributed by atoms with van der Waals surface area (Å²) in [5, 5.41) is 17.7. The lowest BCUT2D eigenvalue weighted by Crippen LogP contribution is -2.35. The SMILES string of the molecule is C[C@@](N)(CC(=O)O)c1ccc(O)cc1. The van der Waals surface area contributed by atoms with Crippen molar-refractivity contribution >= 4 is 5.97 Å². The Labute approximate surface area is 82.0 Å². The summed E-state index contributed by atoms with van der Waals surface area (Å²) in [5.74, 6) is -0.803. The monoisotopic (exact) mass is 195 g/mol. The van der Waals surface area contributed by atoms with Crippen LogP contribution in [-0.4, -0.2) is 16.2 Å². The van der Waals surface area contributed by atoms with Gasteiger partial charge in [-0.2, -0.15) is 0 Å². The van der Waals surface area contributed by atoms with Gasteiger partial charge in [0.25, 0.3) is 0 Å². The molecule has 0 aliphatic heterocycles. The van der Waals surface area contributed by atoms with Crippen LogP contribution >= 0.6 is 0 Å². The molecule has 0 aliphatic carbocycles. The van der Waals surface area contributed by atoms with Crippen molar-refractivity contribution in [1.29, 1.82) is 0 Å². The highest BCUT2D eigenvalue weighted by atomic mass is 16.4. The van der Waals surface area contributed by atoms with Gasteiger partial charge in [0.05, 0.1) is 6.42 Å². The third-order valence-corrected chi connectivity index (χ3v) is 2.05. The number of phenolic OH excluding ortho intramolecular Hbond substituents is 1.